The van der Waals surface area contributed by atoms with E-state index in [4.69, 9.17) is 10.5 Å². The number of nitrogens with zero attached hydrogens (tertiary/aromatic N) is 2. The van der Waals surface area contributed by atoms with Crippen LogP contribution in [0.25, 0.3) is 0 Å². The molecule has 0 aromatic rings. The van der Waals surface area contributed by atoms with Gasteiger partial charge < -0.3 is 15.4 Å². The van der Waals surface area contributed by atoms with Crippen molar-refractivity contribution >= 4 is 17.9 Å². The third-order valence-electron chi connectivity index (χ3n) is 3.65. The SMILES string of the molecule is CC(C)N(CC(N)=O)C(=O)[C@H]1CCCCN1C(=O)OC(C)(C)C. The number of hydrogen-bond acceptors (Lipinski definition) is 4. The first-order chi connectivity index (χ1) is 10.5. The van der Waals surface area contributed by atoms with Crippen LogP contribution in [-0.4, -0.2) is 58.5 Å². The summed E-state index contributed by atoms with van der Waals surface area (Å²) >= 11 is 0. The molecule has 1 saturated heterocycles. The van der Waals surface area contributed by atoms with Crippen LogP contribution in [0, 0.1) is 0 Å². The quantitative estimate of drug-likeness (QED) is 0.847. The highest BCUT2D eigenvalue weighted by Crippen LogP contribution is 2.22. The fourth-order valence-corrected chi connectivity index (χ4v) is 2.60. The third kappa shape index (κ3) is 5.73. The Bertz CT molecular complexity index is 457. The summed E-state index contributed by atoms with van der Waals surface area (Å²) in [6, 6.07) is -0.766. The van der Waals surface area contributed by atoms with Gasteiger partial charge in [0, 0.05) is 12.6 Å². The molecule has 7 nitrogen and oxygen atoms in total. The highest BCUT2D eigenvalue weighted by molar-refractivity contribution is 5.89. The van der Waals surface area contributed by atoms with E-state index in [0.29, 0.717) is 13.0 Å². The summed E-state index contributed by atoms with van der Waals surface area (Å²) in [5.74, 6) is -0.809. The van der Waals surface area contributed by atoms with Crippen LogP contribution in [0.1, 0.15) is 53.9 Å². The smallest absolute Gasteiger partial charge is 0.410 e. The van der Waals surface area contributed by atoms with Crippen LogP contribution >= 0.6 is 0 Å². The van der Waals surface area contributed by atoms with E-state index in [1.54, 1.807) is 20.8 Å². The first-order valence-corrected chi connectivity index (χ1v) is 8.11. The summed E-state index contributed by atoms with van der Waals surface area (Å²) in [5.41, 5.74) is 4.62. The highest BCUT2D eigenvalue weighted by Gasteiger charge is 2.37. The first kappa shape index (κ1) is 19.3. The van der Waals surface area contributed by atoms with Crippen molar-refractivity contribution in [3.8, 4) is 0 Å². The maximum Gasteiger partial charge on any atom is 0.410 e. The van der Waals surface area contributed by atoms with Gasteiger partial charge in [-0.2, -0.15) is 0 Å². The number of amides is 3. The zero-order valence-electron chi connectivity index (χ0n) is 14.8. The lowest BCUT2D eigenvalue weighted by Crippen LogP contribution is -2.56. The molecule has 1 atom stereocenters. The summed E-state index contributed by atoms with van der Waals surface area (Å²) in [5, 5.41) is 0. The van der Waals surface area contributed by atoms with Gasteiger partial charge in [0.2, 0.25) is 11.8 Å². The van der Waals surface area contributed by atoms with Crippen LogP contribution in [0.15, 0.2) is 0 Å². The molecule has 1 fully saturated rings. The van der Waals surface area contributed by atoms with Crippen molar-refractivity contribution in [1.29, 1.82) is 0 Å². The Labute approximate surface area is 138 Å². The number of rotatable bonds is 4. The van der Waals surface area contributed by atoms with Gasteiger partial charge in [-0.25, -0.2) is 4.79 Å². The van der Waals surface area contributed by atoms with Crippen LogP contribution in [0.4, 0.5) is 4.79 Å². The largest absolute Gasteiger partial charge is 0.444 e. The molecule has 0 saturated carbocycles. The first-order valence-electron chi connectivity index (χ1n) is 8.11. The molecule has 0 unspecified atom stereocenters. The Morgan fingerprint density at radius 3 is 2.35 bits per heavy atom. The maximum atomic E-state index is 12.8. The van der Waals surface area contributed by atoms with E-state index < -0.39 is 23.6 Å². The van der Waals surface area contributed by atoms with E-state index in [1.807, 2.05) is 13.8 Å². The maximum absolute atomic E-state index is 12.8. The van der Waals surface area contributed by atoms with Crippen molar-refractivity contribution in [1.82, 2.24) is 9.80 Å². The molecule has 7 heteroatoms. The molecule has 2 N–H and O–H groups in total. The molecule has 0 aromatic heterocycles. The zero-order chi connectivity index (χ0) is 17.8. The van der Waals surface area contributed by atoms with E-state index >= 15 is 0 Å². The molecule has 1 aliphatic rings. The minimum atomic E-state index is -0.618. The van der Waals surface area contributed by atoms with Crippen molar-refractivity contribution < 1.29 is 19.1 Å². The van der Waals surface area contributed by atoms with Crippen LogP contribution in [0.5, 0.6) is 0 Å². The predicted molar refractivity (Wildman–Crippen MR) is 86.6 cm³/mol. The molecular formula is C16H29N3O4. The number of nitrogens with two attached hydrogens (primary N) is 1. The summed E-state index contributed by atoms with van der Waals surface area (Å²) in [4.78, 5) is 39.3. The molecule has 0 aromatic carbocycles. The molecule has 3 amide bonds. The molecule has 0 aliphatic carbocycles. The van der Waals surface area contributed by atoms with Gasteiger partial charge in [0.05, 0.1) is 6.54 Å². The minimum Gasteiger partial charge on any atom is -0.444 e. The van der Waals surface area contributed by atoms with E-state index in [0.717, 1.165) is 12.8 Å². The molecule has 0 bridgehead atoms. The van der Waals surface area contributed by atoms with Crippen LogP contribution < -0.4 is 5.73 Å². The number of piperidine rings is 1. The van der Waals surface area contributed by atoms with Gasteiger partial charge in [0.1, 0.15) is 11.6 Å². The molecule has 23 heavy (non-hydrogen) atoms. The van der Waals surface area contributed by atoms with Crippen LogP contribution in [-0.2, 0) is 14.3 Å². The molecule has 132 valence electrons. The molecule has 0 spiro atoms. The number of carbonyl (C=O) groups is 3. The predicted octanol–water partition coefficient (Wildman–Crippen LogP) is 1.50. The fourth-order valence-electron chi connectivity index (χ4n) is 2.60. The number of ether oxygens (including phenoxy) is 1. The van der Waals surface area contributed by atoms with E-state index in [9.17, 15) is 14.4 Å². The van der Waals surface area contributed by atoms with Crippen molar-refractivity contribution in [2.45, 2.75) is 71.6 Å². The average Bonchev–Trinajstić information content (AvgIpc) is 2.41. The summed E-state index contributed by atoms with van der Waals surface area (Å²) < 4.78 is 5.40. The Morgan fingerprint density at radius 2 is 1.87 bits per heavy atom. The molecular weight excluding hydrogens is 298 g/mol. The Kier molecular flexibility index (Phi) is 6.41. The fraction of sp³-hybridized carbons (Fsp3) is 0.812. The van der Waals surface area contributed by atoms with Crippen LogP contribution in [0.3, 0.4) is 0 Å². The number of primary amides is 1. The molecule has 1 heterocycles. The van der Waals surface area contributed by atoms with Gasteiger partial charge in [-0.05, 0) is 53.9 Å². The second-order valence-corrected chi connectivity index (χ2v) is 7.21. The lowest BCUT2D eigenvalue weighted by atomic mass is 10.0. The Morgan fingerprint density at radius 1 is 1.26 bits per heavy atom. The standard InChI is InChI=1S/C16H29N3O4/c1-11(2)19(10-13(17)20)14(21)12-8-6-7-9-18(12)15(22)23-16(3,4)5/h11-12H,6-10H2,1-5H3,(H2,17,20)/t12-/m1/s1. The monoisotopic (exact) mass is 327 g/mol. The van der Waals surface area contributed by atoms with Gasteiger partial charge in [0.15, 0.2) is 0 Å². The number of carbonyl (C=O) groups excluding carboxylic acids is 3. The molecule has 1 aliphatic heterocycles. The zero-order valence-corrected chi connectivity index (χ0v) is 14.8. The van der Waals surface area contributed by atoms with Crippen molar-refractivity contribution in [2.75, 3.05) is 13.1 Å². The van der Waals surface area contributed by atoms with E-state index in [-0.39, 0.29) is 18.5 Å². The van der Waals surface area contributed by atoms with Gasteiger partial charge in [-0.3, -0.25) is 14.5 Å². The van der Waals surface area contributed by atoms with Crippen LogP contribution in [0.2, 0.25) is 0 Å². The van der Waals surface area contributed by atoms with Gasteiger partial charge in [0.25, 0.3) is 0 Å². The average molecular weight is 327 g/mol. The summed E-state index contributed by atoms with van der Waals surface area (Å²) in [6.07, 6.45) is 1.78. The Balaban J connectivity index is 2.93. The van der Waals surface area contributed by atoms with Crippen molar-refractivity contribution in [2.24, 2.45) is 5.73 Å². The van der Waals surface area contributed by atoms with Gasteiger partial charge in [-0.15, -0.1) is 0 Å². The normalized spacial score (nSPS) is 18.7. The summed E-state index contributed by atoms with van der Waals surface area (Å²) in [6.45, 7) is 9.35. The number of hydrogen-bond donors (Lipinski definition) is 1. The minimum absolute atomic E-state index is 0.144. The lowest BCUT2D eigenvalue weighted by Gasteiger charge is -2.39. The third-order valence-corrected chi connectivity index (χ3v) is 3.65. The van der Waals surface area contributed by atoms with Gasteiger partial charge >= 0.3 is 6.09 Å². The summed E-state index contributed by atoms with van der Waals surface area (Å²) in [7, 11) is 0. The second kappa shape index (κ2) is 7.66. The Hall–Kier alpha value is -1.79. The number of likely N-dealkylation sites (tertiary alicyclic amines) is 1. The molecule has 1 rings (SSSR count). The second-order valence-electron chi connectivity index (χ2n) is 7.21. The lowest BCUT2D eigenvalue weighted by molar-refractivity contribution is -0.142. The van der Waals surface area contributed by atoms with Gasteiger partial charge in [-0.1, -0.05) is 0 Å². The van der Waals surface area contributed by atoms with E-state index in [2.05, 4.69) is 0 Å². The highest BCUT2D eigenvalue weighted by atomic mass is 16.6. The molecule has 0 radical (unpaired) electrons. The topological polar surface area (TPSA) is 92.9 Å². The van der Waals surface area contributed by atoms with Crippen molar-refractivity contribution in [3.05, 3.63) is 0 Å². The van der Waals surface area contributed by atoms with Crippen molar-refractivity contribution in [3.63, 3.8) is 0 Å². The van der Waals surface area contributed by atoms with E-state index in [1.165, 1.54) is 9.80 Å².